The van der Waals surface area contributed by atoms with Crippen LogP contribution >= 0.6 is 39.1 Å². The van der Waals surface area contributed by atoms with Crippen molar-refractivity contribution in [2.45, 2.75) is 20.3 Å². The third-order valence-electron chi connectivity index (χ3n) is 3.64. The summed E-state index contributed by atoms with van der Waals surface area (Å²) in [5.41, 5.74) is 4.93. The zero-order valence-corrected chi connectivity index (χ0v) is 16.4. The lowest BCUT2D eigenvalue weighted by atomic mass is 9.91. The second-order valence-corrected chi connectivity index (χ2v) is 7.08. The molecule has 2 rings (SSSR count). The van der Waals surface area contributed by atoms with Crippen LogP contribution in [0.3, 0.4) is 0 Å². The number of Topliss-reactive ketones (excluding diaryl/α,β-unsaturated/α-hetero) is 1. The zero-order valence-electron chi connectivity index (χ0n) is 13.3. The van der Waals surface area contributed by atoms with Crippen LogP contribution in [0.1, 0.15) is 30.6 Å². The van der Waals surface area contributed by atoms with Gasteiger partial charge in [-0.1, -0.05) is 58.2 Å². The average Bonchev–Trinajstić information content (AvgIpc) is 2.55. The Morgan fingerprint density at radius 2 is 1.88 bits per heavy atom. The summed E-state index contributed by atoms with van der Waals surface area (Å²) in [6.45, 7) is 3.80. The van der Waals surface area contributed by atoms with Crippen LogP contribution in [0.5, 0.6) is 0 Å². The maximum Gasteiger partial charge on any atom is 0.171 e. The second kappa shape index (κ2) is 8.65. The predicted molar refractivity (Wildman–Crippen MR) is 105 cm³/mol. The minimum atomic E-state index is -0.287. The van der Waals surface area contributed by atoms with Crippen molar-refractivity contribution in [2.24, 2.45) is 11.0 Å². The molecule has 1 atom stereocenters. The molecule has 0 heterocycles. The number of hydrogen-bond donors (Lipinski definition) is 1. The quantitative estimate of drug-likeness (QED) is 0.326. The van der Waals surface area contributed by atoms with Crippen LogP contribution in [0, 0.1) is 5.92 Å². The number of rotatable bonds is 6. The first kappa shape index (κ1) is 19.0. The van der Waals surface area contributed by atoms with Gasteiger partial charge < -0.3 is 0 Å². The summed E-state index contributed by atoms with van der Waals surface area (Å²) in [6, 6.07) is 12.5. The summed E-state index contributed by atoms with van der Waals surface area (Å²) < 4.78 is 0.941. The van der Waals surface area contributed by atoms with Crippen molar-refractivity contribution in [1.82, 2.24) is 0 Å². The number of nitrogens with zero attached hydrogens (tertiary/aromatic N) is 1. The molecule has 0 bridgehead atoms. The van der Waals surface area contributed by atoms with E-state index in [1.165, 1.54) is 0 Å². The summed E-state index contributed by atoms with van der Waals surface area (Å²) in [7, 11) is 0. The third kappa shape index (κ3) is 4.82. The summed E-state index contributed by atoms with van der Waals surface area (Å²) in [4.78, 5) is 12.7. The molecule has 126 valence electrons. The van der Waals surface area contributed by atoms with Gasteiger partial charge in [0, 0.05) is 20.8 Å². The number of hydrogen-bond acceptors (Lipinski definition) is 3. The van der Waals surface area contributed by atoms with E-state index >= 15 is 0 Å². The summed E-state index contributed by atoms with van der Waals surface area (Å²) in [5, 5.41) is 5.37. The van der Waals surface area contributed by atoms with E-state index in [9.17, 15) is 4.79 Å². The predicted octanol–water partition coefficient (Wildman–Crippen LogP) is 6.45. The molecular formula is C18H17BrCl2N2O. The number of anilines is 1. The molecule has 1 unspecified atom stereocenters. The number of halogens is 3. The van der Waals surface area contributed by atoms with E-state index in [-0.39, 0.29) is 11.7 Å². The van der Waals surface area contributed by atoms with Crippen LogP contribution in [0.4, 0.5) is 5.69 Å². The minimum Gasteiger partial charge on any atom is -0.293 e. The molecule has 2 aromatic carbocycles. The highest BCUT2D eigenvalue weighted by Gasteiger charge is 2.21. The average molecular weight is 428 g/mol. The lowest BCUT2D eigenvalue weighted by Crippen LogP contribution is -2.22. The fourth-order valence-electron chi connectivity index (χ4n) is 2.29. The molecule has 0 saturated heterocycles. The smallest absolute Gasteiger partial charge is 0.171 e. The van der Waals surface area contributed by atoms with Gasteiger partial charge in [-0.2, -0.15) is 5.10 Å². The van der Waals surface area contributed by atoms with E-state index < -0.39 is 0 Å². The lowest BCUT2D eigenvalue weighted by Gasteiger charge is -2.14. The fraction of sp³-hybridized carbons (Fsp3) is 0.222. The Morgan fingerprint density at radius 3 is 2.46 bits per heavy atom. The van der Waals surface area contributed by atoms with Gasteiger partial charge >= 0.3 is 0 Å². The SMILES string of the molecule is CCC(C(=O)c1ccc(Br)cc1)/C(C)=N\Nc1ccc(Cl)cc1Cl. The first-order chi connectivity index (χ1) is 11.4. The molecule has 0 radical (unpaired) electrons. The number of hydrazone groups is 1. The number of ketones is 1. The van der Waals surface area contributed by atoms with Crippen LogP contribution in [-0.4, -0.2) is 11.5 Å². The van der Waals surface area contributed by atoms with Gasteiger partial charge in [0.25, 0.3) is 0 Å². The van der Waals surface area contributed by atoms with Gasteiger partial charge in [0.2, 0.25) is 0 Å². The molecule has 0 aliphatic heterocycles. The zero-order chi connectivity index (χ0) is 17.7. The van der Waals surface area contributed by atoms with Gasteiger partial charge in [-0.05, 0) is 43.7 Å². The van der Waals surface area contributed by atoms with E-state index in [1.807, 2.05) is 38.1 Å². The highest BCUT2D eigenvalue weighted by atomic mass is 79.9. The first-order valence-corrected chi connectivity index (χ1v) is 9.02. The maximum absolute atomic E-state index is 12.7. The topological polar surface area (TPSA) is 41.5 Å². The van der Waals surface area contributed by atoms with Crippen LogP contribution in [0.15, 0.2) is 52.0 Å². The standard InChI is InChI=1S/C18H17BrCl2N2O/c1-3-15(18(24)12-4-6-13(19)7-5-12)11(2)22-23-17-9-8-14(20)10-16(17)21/h4-10,15,23H,3H2,1-2H3/b22-11-. The Labute approximate surface area is 160 Å². The summed E-state index contributed by atoms with van der Waals surface area (Å²) in [5.74, 6) is -0.236. The molecule has 1 N–H and O–H groups in total. The van der Waals surface area contributed by atoms with Gasteiger partial charge in [-0.3, -0.25) is 10.2 Å². The van der Waals surface area contributed by atoms with E-state index in [2.05, 4.69) is 26.5 Å². The van der Waals surface area contributed by atoms with Crippen LogP contribution in [0.25, 0.3) is 0 Å². The molecular weight excluding hydrogens is 411 g/mol. The number of carbonyl (C=O) groups excluding carboxylic acids is 1. The highest BCUT2D eigenvalue weighted by molar-refractivity contribution is 9.10. The monoisotopic (exact) mass is 426 g/mol. The van der Waals surface area contributed by atoms with E-state index in [4.69, 9.17) is 23.2 Å². The Kier molecular flexibility index (Phi) is 6.84. The molecule has 24 heavy (non-hydrogen) atoms. The molecule has 0 saturated carbocycles. The number of carbonyl (C=O) groups is 1. The highest BCUT2D eigenvalue weighted by Crippen LogP contribution is 2.25. The van der Waals surface area contributed by atoms with Crippen LogP contribution in [0.2, 0.25) is 10.0 Å². The van der Waals surface area contributed by atoms with Crippen LogP contribution < -0.4 is 5.43 Å². The third-order valence-corrected chi connectivity index (χ3v) is 4.72. The van der Waals surface area contributed by atoms with Crippen molar-refractivity contribution in [1.29, 1.82) is 0 Å². The molecule has 6 heteroatoms. The molecule has 0 aliphatic carbocycles. The number of nitrogens with one attached hydrogen (secondary N) is 1. The molecule has 0 amide bonds. The number of benzene rings is 2. The van der Waals surface area contributed by atoms with Crippen molar-refractivity contribution < 1.29 is 4.79 Å². The largest absolute Gasteiger partial charge is 0.293 e. The summed E-state index contributed by atoms with van der Waals surface area (Å²) in [6.07, 6.45) is 0.667. The Balaban J connectivity index is 2.16. The second-order valence-electron chi connectivity index (χ2n) is 5.32. The van der Waals surface area contributed by atoms with Crippen molar-refractivity contribution in [3.05, 3.63) is 62.5 Å². The Morgan fingerprint density at radius 1 is 1.21 bits per heavy atom. The van der Waals surface area contributed by atoms with Crippen molar-refractivity contribution in [3.8, 4) is 0 Å². The maximum atomic E-state index is 12.7. The van der Waals surface area contributed by atoms with E-state index in [0.29, 0.717) is 33.4 Å². The van der Waals surface area contributed by atoms with E-state index in [0.717, 1.165) is 4.47 Å². The van der Waals surface area contributed by atoms with Crippen molar-refractivity contribution >= 4 is 56.3 Å². The Hall–Kier alpha value is -1.36. The van der Waals surface area contributed by atoms with Gasteiger partial charge in [0.15, 0.2) is 5.78 Å². The molecule has 0 spiro atoms. The Bertz CT molecular complexity index is 760. The lowest BCUT2D eigenvalue weighted by molar-refractivity contribution is 0.0952. The molecule has 0 aliphatic rings. The van der Waals surface area contributed by atoms with Gasteiger partial charge in [-0.25, -0.2) is 0 Å². The van der Waals surface area contributed by atoms with Crippen LogP contribution in [-0.2, 0) is 0 Å². The van der Waals surface area contributed by atoms with Crippen molar-refractivity contribution in [3.63, 3.8) is 0 Å². The minimum absolute atomic E-state index is 0.0512. The van der Waals surface area contributed by atoms with Crippen molar-refractivity contribution in [2.75, 3.05) is 5.43 Å². The van der Waals surface area contributed by atoms with Gasteiger partial charge in [0.05, 0.1) is 16.6 Å². The fourth-order valence-corrected chi connectivity index (χ4v) is 3.01. The first-order valence-electron chi connectivity index (χ1n) is 7.47. The molecule has 3 nitrogen and oxygen atoms in total. The summed E-state index contributed by atoms with van der Waals surface area (Å²) >= 11 is 15.4. The molecule has 2 aromatic rings. The molecule has 0 fully saturated rings. The van der Waals surface area contributed by atoms with E-state index in [1.54, 1.807) is 18.2 Å². The van der Waals surface area contributed by atoms with Gasteiger partial charge in [0.1, 0.15) is 0 Å². The normalized spacial score (nSPS) is 12.8. The molecule has 0 aromatic heterocycles. The van der Waals surface area contributed by atoms with Gasteiger partial charge in [-0.15, -0.1) is 0 Å².